The summed E-state index contributed by atoms with van der Waals surface area (Å²) in [4.78, 5) is 2.33. The molecule has 0 bridgehead atoms. The maximum absolute atomic E-state index is 10.6. The van der Waals surface area contributed by atoms with Crippen LogP contribution in [0.25, 0.3) is 0 Å². The van der Waals surface area contributed by atoms with Crippen LogP contribution in [0.5, 0.6) is 0 Å². The number of unbranched alkanes of at least 4 members (excludes halogenated alkanes) is 2. The summed E-state index contributed by atoms with van der Waals surface area (Å²) in [6.07, 6.45) is 10.3. The van der Waals surface area contributed by atoms with Gasteiger partial charge in [-0.2, -0.15) is 5.26 Å². The lowest BCUT2D eigenvalue weighted by molar-refractivity contribution is 0.213. The molecular formula is C24H40BN2. The van der Waals surface area contributed by atoms with Gasteiger partial charge in [-0.15, -0.1) is 0 Å². The first kappa shape index (κ1) is 23.8. The zero-order valence-corrected chi connectivity index (χ0v) is 18.4. The third-order valence-corrected chi connectivity index (χ3v) is 6.14. The van der Waals surface area contributed by atoms with Gasteiger partial charge in [0.05, 0.1) is 11.5 Å². The van der Waals surface area contributed by atoms with Gasteiger partial charge in [-0.05, 0) is 44.2 Å². The van der Waals surface area contributed by atoms with Crippen LogP contribution in [0.15, 0.2) is 30.3 Å². The molecule has 0 saturated heterocycles. The number of hydrogen-bond donors (Lipinski definition) is 0. The fourth-order valence-electron chi connectivity index (χ4n) is 4.45. The van der Waals surface area contributed by atoms with E-state index in [0.717, 1.165) is 38.5 Å². The SMILES string of the molecule is C[B]N(C)C(CCC)CC(C#N)(c1ccccc1)C(CCC)CCCCC. The molecule has 0 aromatic heterocycles. The number of nitriles is 1. The fourth-order valence-corrected chi connectivity index (χ4v) is 4.45. The van der Waals surface area contributed by atoms with Crippen molar-refractivity contribution in [3.63, 3.8) is 0 Å². The van der Waals surface area contributed by atoms with Crippen LogP contribution in [0.4, 0.5) is 0 Å². The summed E-state index contributed by atoms with van der Waals surface area (Å²) in [5.74, 6) is 0.422. The van der Waals surface area contributed by atoms with Gasteiger partial charge in [0.2, 0.25) is 7.41 Å². The van der Waals surface area contributed by atoms with Crippen LogP contribution in [0.3, 0.4) is 0 Å². The van der Waals surface area contributed by atoms with E-state index in [1.807, 2.05) is 0 Å². The van der Waals surface area contributed by atoms with Gasteiger partial charge in [0.1, 0.15) is 0 Å². The molecule has 0 aliphatic carbocycles. The maximum atomic E-state index is 10.6. The summed E-state index contributed by atoms with van der Waals surface area (Å²) in [6, 6.07) is 13.9. The predicted molar refractivity (Wildman–Crippen MR) is 119 cm³/mol. The molecule has 0 amide bonds. The number of nitrogens with zero attached hydrogens (tertiary/aromatic N) is 2. The topological polar surface area (TPSA) is 27.0 Å². The van der Waals surface area contributed by atoms with Crippen LogP contribution in [0, 0.1) is 17.2 Å². The van der Waals surface area contributed by atoms with Gasteiger partial charge in [-0.1, -0.05) is 90.0 Å². The van der Waals surface area contributed by atoms with Gasteiger partial charge < -0.3 is 4.81 Å². The van der Waals surface area contributed by atoms with E-state index in [1.54, 1.807) is 0 Å². The zero-order chi connectivity index (χ0) is 20.1. The molecular weight excluding hydrogens is 327 g/mol. The molecule has 0 saturated carbocycles. The molecule has 0 heterocycles. The standard InChI is InChI=1S/C24H40BN2/c1-6-9-11-16-21(14-7-2)24(20-26,22-17-12-10-13-18-22)19-23(15-8-3)27(5)25-4/h10,12-13,17-18,21,23H,6-9,11,14-16,19H2,1-5H3. The van der Waals surface area contributed by atoms with Gasteiger partial charge in [0.15, 0.2) is 0 Å². The minimum absolute atomic E-state index is 0.401. The Bertz CT molecular complexity index is 539. The molecule has 149 valence electrons. The molecule has 27 heavy (non-hydrogen) atoms. The molecule has 1 radical (unpaired) electrons. The Morgan fingerprint density at radius 2 is 1.67 bits per heavy atom. The lowest BCUT2D eigenvalue weighted by atomic mass is 9.63. The van der Waals surface area contributed by atoms with Gasteiger partial charge in [0, 0.05) is 6.04 Å². The molecule has 3 atom stereocenters. The number of benzene rings is 1. The average Bonchev–Trinajstić information content (AvgIpc) is 2.71. The molecule has 1 aromatic rings. The van der Waals surface area contributed by atoms with Crippen molar-refractivity contribution in [1.82, 2.24) is 4.81 Å². The third kappa shape index (κ3) is 6.68. The van der Waals surface area contributed by atoms with Gasteiger partial charge >= 0.3 is 0 Å². The molecule has 3 heteroatoms. The molecule has 0 aliphatic rings. The smallest absolute Gasteiger partial charge is 0.205 e. The van der Waals surface area contributed by atoms with Crippen LogP contribution < -0.4 is 0 Å². The Hall–Kier alpha value is -1.27. The quantitative estimate of drug-likeness (QED) is 0.273. The van der Waals surface area contributed by atoms with Crippen molar-refractivity contribution in [2.24, 2.45) is 5.92 Å². The van der Waals surface area contributed by atoms with E-state index in [2.05, 4.69) is 83.3 Å². The van der Waals surface area contributed by atoms with Gasteiger partial charge in [0.25, 0.3) is 0 Å². The van der Waals surface area contributed by atoms with E-state index in [4.69, 9.17) is 0 Å². The molecule has 0 N–H and O–H groups in total. The fraction of sp³-hybridized carbons (Fsp3) is 0.708. The van der Waals surface area contributed by atoms with Crippen LogP contribution >= 0.6 is 0 Å². The Kier molecular flexibility index (Phi) is 11.4. The second kappa shape index (κ2) is 13.0. The van der Waals surface area contributed by atoms with Crippen molar-refractivity contribution in [3.05, 3.63) is 35.9 Å². The Morgan fingerprint density at radius 3 is 2.19 bits per heavy atom. The van der Waals surface area contributed by atoms with Gasteiger partial charge in [-0.3, -0.25) is 0 Å². The van der Waals surface area contributed by atoms with Crippen molar-refractivity contribution in [1.29, 1.82) is 5.26 Å². The third-order valence-electron chi connectivity index (χ3n) is 6.14. The summed E-state index contributed by atoms with van der Waals surface area (Å²) in [5, 5.41) is 10.6. The highest BCUT2D eigenvalue weighted by Gasteiger charge is 2.42. The molecule has 0 spiro atoms. The van der Waals surface area contributed by atoms with E-state index < -0.39 is 5.41 Å². The van der Waals surface area contributed by atoms with E-state index in [9.17, 15) is 5.26 Å². The first-order chi connectivity index (χ1) is 13.1. The Balaban J connectivity index is 3.33. The van der Waals surface area contributed by atoms with Crippen molar-refractivity contribution in [3.8, 4) is 6.07 Å². The monoisotopic (exact) mass is 367 g/mol. The minimum Gasteiger partial charge on any atom is -0.347 e. The molecule has 0 fully saturated rings. The summed E-state index contributed by atoms with van der Waals surface area (Å²) < 4.78 is 0. The number of rotatable bonds is 14. The lowest BCUT2D eigenvalue weighted by Gasteiger charge is -2.41. The zero-order valence-electron chi connectivity index (χ0n) is 18.4. The summed E-state index contributed by atoms with van der Waals surface area (Å²) >= 11 is 0. The molecule has 1 aromatic carbocycles. The van der Waals surface area contributed by atoms with Crippen molar-refractivity contribution < 1.29 is 0 Å². The highest BCUT2D eigenvalue weighted by atomic mass is 15.0. The van der Waals surface area contributed by atoms with Crippen LogP contribution in [-0.4, -0.2) is 25.3 Å². The first-order valence-corrected chi connectivity index (χ1v) is 11.1. The molecule has 1 rings (SSSR count). The van der Waals surface area contributed by atoms with Crippen LogP contribution in [-0.2, 0) is 5.41 Å². The summed E-state index contributed by atoms with van der Waals surface area (Å²) in [6.45, 7) is 8.87. The maximum Gasteiger partial charge on any atom is 0.205 e. The van der Waals surface area contributed by atoms with Crippen molar-refractivity contribution in [2.75, 3.05) is 7.05 Å². The Labute approximate surface area is 169 Å². The Morgan fingerprint density at radius 1 is 1.00 bits per heavy atom. The van der Waals surface area contributed by atoms with Crippen LogP contribution in [0.2, 0.25) is 6.82 Å². The second-order valence-corrected chi connectivity index (χ2v) is 8.00. The van der Waals surface area contributed by atoms with Crippen molar-refractivity contribution >= 4 is 7.41 Å². The molecule has 2 nitrogen and oxygen atoms in total. The number of hydrogen-bond acceptors (Lipinski definition) is 2. The van der Waals surface area contributed by atoms with Crippen molar-refractivity contribution in [2.45, 2.75) is 96.8 Å². The summed E-state index contributed by atoms with van der Waals surface area (Å²) in [5.41, 5.74) is 0.815. The van der Waals surface area contributed by atoms with E-state index in [0.29, 0.717) is 12.0 Å². The second-order valence-electron chi connectivity index (χ2n) is 8.00. The van der Waals surface area contributed by atoms with E-state index in [1.165, 1.54) is 24.8 Å². The minimum atomic E-state index is -0.401. The molecule has 0 aliphatic heterocycles. The van der Waals surface area contributed by atoms with Crippen LogP contribution in [0.1, 0.15) is 84.1 Å². The molecule has 3 unspecified atom stereocenters. The average molecular weight is 367 g/mol. The van der Waals surface area contributed by atoms with E-state index >= 15 is 0 Å². The highest BCUT2D eigenvalue weighted by Crippen LogP contribution is 2.43. The predicted octanol–water partition coefficient (Wildman–Crippen LogP) is 6.60. The largest absolute Gasteiger partial charge is 0.347 e. The normalized spacial score (nSPS) is 15.7. The highest BCUT2D eigenvalue weighted by molar-refractivity contribution is 6.29. The lowest BCUT2D eigenvalue weighted by Crippen LogP contribution is -2.43. The van der Waals surface area contributed by atoms with E-state index in [-0.39, 0.29) is 0 Å². The first-order valence-electron chi connectivity index (χ1n) is 11.1. The summed E-state index contributed by atoms with van der Waals surface area (Å²) in [7, 11) is 4.33. The van der Waals surface area contributed by atoms with Gasteiger partial charge in [-0.25, -0.2) is 0 Å².